The van der Waals surface area contributed by atoms with Crippen molar-refractivity contribution in [2.45, 2.75) is 20.3 Å². The molecule has 2 rings (SSSR count). The summed E-state index contributed by atoms with van der Waals surface area (Å²) in [6.07, 6.45) is 4.85. The molecule has 0 unspecified atom stereocenters. The van der Waals surface area contributed by atoms with Crippen LogP contribution in [0.4, 0.5) is 0 Å². The van der Waals surface area contributed by atoms with Gasteiger partial charge in [-0.3, -0.25) is 4.98 Å². The van der Waals surface area contributed by atoms with Crippen molar-refractivity contribution in [3.8, 4) is 11.1 Å². The van der Waals surface area contributed by atoms with Crippen molar-refractivity contribution >= 4 is 0 Å². The molecule has 0 radical (unpaired) electrons. The molecule has 16 heavy (non-hydrogen) atoms. The van der Waals surface area contributed by atoms with Gasteiger partial charge in [-0.25, -0.2) is 0 Å². The zero-order valence-corrected chi connectivity index (χ0v) is 9.85. The van der Waals surface area contributed by atoms with Crippen molar-refractivity contribution in [1.29, 1.82) is 0 Å². The summed E-state index contributed by atoms with van der Waals surface area (Å²) < 4.78 is 0. The minimum Gasteiger partial charge on any atom is -0.264 e. The second-order valence-corrected chi connectivity index (χ2v) is 4.54. The van der Waals surface area contributed by atoms with E-state index in [1.54, 1.807) is 0 Å². The Morgan fingerprint density at radius 1 is 1.06 bits per heavy atom. The number of benzene rings is 1. The number of nitrogens with zero attached hydrogens (tertiary/aromatic N) is 1. The third-order valence-corrected chi connectivity index (χ3v) is 2.57. The van der Waals surface area contributed by atoms with Crippen LogP contribution in [0.2, 0.25) is 0 Å². The fraction of sp³-hybridized carbons (Fsp3) is 0.267. The molecule has 0 aliphatic rings. The second-order valence-electron chi connectivity index (χ2n) is 4.54. The minimum atomic E-state index is 0.698. The Bertz CT molecular complexity index is 446. The van der Waals surface area contributed by atoms with Crippen LogP contribution in [0.5, 0.6) is 0 Å². The van der Waals surface area contributed by atoms with E-state index >= 15 is 0 Å². The van der Waals surface area contributed by atoms with Crippen LogP contribution in [0, 0.1) is 5.92 Å². The summed E-state index contributed by atoms with van der Waals surface area (Å²) in [5, 5.41) is 0. The molecule has 1 nitrogen and oxygen atoms in total. The molecule has 0 fully saturated rings. The highest BCUT2D eigenvalue weighted by molar-refractivity contribution is 5.62. The summed E-state index contributed by atoms with van der Waals surface area (Å²) in [4.78, 5) is 4.15. The first kappa shape index (κ1) is 10.9. The van der Waals surface area contributed by atoms with Crippen LogP contribution in [-0.2, 0) is 6.42 Å². The Hall–Kier alpha value is -1.63. The van der Waals surface area contributed by atoms with Gasteiger partial charge in [-0.15, -0.1) is 0 Å². The SMILES string of the molecule is CC(C)Cc1cccc(-c2cccnc2)c1. The van der Waals surface area contributed by atoms with Crippen LogP contribution in [0.25, 0.3) is 11.1 Å². The molecule has 82 valence electrons. The van der Waals surface area contributed by atoms with Gasteiger partial charge in [0.1, 0.15) is 0 Å². The Morgan fingerprint density at radius 2 is 1.88 bits per heavy atom. The van der Waals surface area contributed by atoms with Gasteiger partial charge in [0.2, 0.25) is 0 Å². The summed E-state index contributed by atoms with van der Waals surface area (Å²) in [6.45, 7) is 4.49. The maximum Gasteiger partial charge on any atom is 0.0346 e. The number of aromatic nitrogens is 1. The normalized spacial score (nSPS) is 10.7. The topological polar surface area (TPSA) is 12.9 Å². The van der Waals surface area contributed by atoms with E-state index in [4.69, 9.17) is 0 Å². The molecule has 0 saturated carbocycles. The van der Waals surface area contributed by atoms with Gasteiger partial charge >= 0.3 is 0 Å². The molecule has 0 saturated heterocycles. The van der Waals surface area contributed by atoms with E-state index in [0.29, 0.717) is 5.92 Å². The van der Waals surface area contributed by atoms with Crippen LogP contribution in [-0.4, -0.2) is 4.98 Å². The van der Waals surface area contributed by atoms with Crippen molar-refractivity contribution in [2.75, 3.05) is 0 Å². The zero-order chi connectivity index (χ0) is 11.4. The minimum absolute atomic E-state index is 0.698. The molecule has 1 aromatic heterocycles. The molecular weight excluding hydrogens is 194 g/mol. The Morgan fingerprint density at radius 3 is 2.56 bits per heavy atom. The van der Waals surface area contributed by atoms with E-state index < -0.39 is 0 Å². The smallest absolute Gasteiger partial charge is 0.0346 e. The van der Waals surface area contributed by atoms with Gasteiger partial charge in [0, 0.05) is 12.4 Å². The van der Waals surface area contributed by atoms with E-state index in [0.717, 1.165) is 6.42 Å². The van der Waals surface area contributed by atoms with Crippen molar-refractivity contribution in [1.82, 2.24) is 4.98 Å². The maximum absolute atomic E-state index is 4.15. The maximum atomic E-state index is 4.15. The van der Waals surface area contributed by atoms with Gasteiger partial charge in [-0.05, 0) is 35.1 Å². The molecule has 0 spiro atoms. The van der Waals surface area contributed by atoms with Crippen molar-refractivity contribution in [2.24, 2.45) is 5.92 Å². The molecule has 1 heteroatoms. The highest BCUT2D eigenvalue weighted by Crippen LogP contribution is 2.20. The summed E-state index contributed by atoms with van der Waals surface area (Å²) in [5.41, 5.74) is 3.84. The van der Waals surface area contributed by atoms with Crippen LogP contribution < -0.4 is 0 Å². The van der Waals surface area contributed by atoms with E-state index in [1.807, 2.05) is 18.5 Å². The van der Waals surface area contributed by atoms with Gasteiger partial charge in [-0.2, -0.15) is 0 Å². The lowest BCUT2D eigenvalue weighted by Crippen LogP contribution is -1.93. The first-order valence-corrected chi connectivity index (χ1v) is 5.75. The lowest BCUT2D eigenvalue weighted by Gasteiger charge is -2.07. The number of hydrogen-bond acceptors (Lipinski definition) is 1. The van der Waals surface area contributed by atoms with Crippen LogP contribution in [0.15, 0.2) is 48.8 Å². The molecule has 0 bridgehead atoms. The highest BCUT2D eigenvalue weighted by Gasteiger charge is 2.01. The number of rotatable bonds is 3. The molecular formula is C15H17N. The van der Waals surface area contributed by atoms with E-state index in [-0.39, 0.29) is 0 Å². The molecule has 0 aliphatic carbocycles. The third kappa shape index (κ3) is 2.69. The van der Waals surface area contributed by atoms with Gasteiger partial charge < -0.3 is 0 Å². The molecule has 1 heterocycles. The Labute approximate surface area is 97.2 Å². The summed E-state index contributed by atoms with van der Waals surface area (Å²) >= 11 is 0. The molecule has 0 atom stereocenters. The van der Waals surface area contributed by atoms with E-state index in [1.165, 1.54) is 16.7 Å². The Balaban J connectivity index is 2.29. The average Bonchev–Trinajstić information content (AvgIpc) is 2.30. The monoisotopic (exact) mass is 211 g/mol. The molecule has 0 amide bonds. The molecule has 2 aromatic rings. The zero-order valence-electron chi connectivity index (χ0n) is 9.85. The fourth-order valence-corrected chi connectivity index (χ4v) is 1.88. The van der Waals surface area contributed by atoms with Crippen LogP contribution in [0.3, 0.4) is 0 Å². The van der Waals surface area contributed by atoms with E-state index in [9.17, 15) is 0 Å². The number of pyridine rings is 1. The predicted octanol–water partition coefficient (Wildman–Crippen LogP) is 3.95. The van der Waals surface area contributed by atoms with Crippen molar-refractivity contribution < 1.29 is 0 Å². The standard InChI is InChI=1S/C15H17N/c1-12(2)9-13-5-3-6-14(10-13)15-7-4-8-16-11-15/h3-8,10-12H,9H2,1-2H3. The summed E-state index contributed by atoms with van der Waals surface area (Å²) in [7, 11) is 0. The van der Waals surface area contributed by atoms with Crippen molar-refractivity contribution in [3.63, 3.8) is 0 Å². The second kappa shape index (κ2) is 4.93. The lowest BCUT2D eigenvalue weighted by atomic mass is 9.99. The fourth-order valence-electron chi connectivity index (χ4n) is 1.88. The van der Waals surface area contributed by atoms with Crippen LogP contribution in [0.1, 0.15) is 19.4 Å². The predicted molar refractivity (Wildman–Crippen MR) is 68.2 cm³/mol. The molecule has 0 aliphatic heterocycles. The number of hydrogen-bond donors (Lipinski definition) is 0. The van der Waals surface area contributed by atoms with E-state index in [2.05, 4.69) is 49.2 Å². The summed E-state index contributed by atoms with van der Waals surface area (Å²) in [6, 6.07) is 12.8. The summed E-state index contributed by atoms with van der Waals surface area (Å²) in [5.74, 6) is 0.698. The van der Waals surface area contributed by atoms with Gasteiger partial charge in [0.15, 0.2) is 0 Å². The lowest BCUT2D eigenvalue weighted by molar-refractivity contribution is 0.647. The molecule has 0 N–H and O–H groups in total. The first-order valence-electron chi connectivity index (χ1n) is 5.75. The highest BCUT2D eigenvalue weighted by atomic mass is 14.6. The third-order valence-electron chi connectivity index (χ3n) is 2.57. The Kier molecular flexibility index (Phi) is 3.35. The first-order chi connectivity index (χ1) is 7.75. The van der Waals surface area contributed by atoms with Gasteiger partial charge in [0.05, 0.1) is 0 Å². The van der Waals surface area contributed by atoms with Crippen molar-refractivity contribution in [3.05, 3.63) is 54.4 Å². The quantitative estimate of drug-likeness (QED) is 0.749. The average molecular weight is 211 g/mol. The molecule has 1 aromatic carbocycles. The largest absolute Gasteiger partial charge is 0.264 e. The van der Waals surface area contributed by atoms with Gasteiger partial charge in [0.25, 0.3) is 0 Å². The van der Waals surface area contributed by atoms with Crippen LogP contribution >= 0.6 is 0 Å². The van der Waals surface area contributed by atoms with Gasteiger partial charge in [-0.1, -0.05) is 44.2 Å².